The average molecular weight is 336 g/mol. The van der Waals surface area contributed by atoms with E-state index in [0.29, 0.717) is 13.1 Å². The second-order valence-corrected chi connectivity index (χ2v) is 7.87. The highest BCUT2D eigenvalue weighted by molar-refractivity contribution is 5.75. The van der Waals surface area contributed by atoms with E-state index in [0.717, 1.165) is 18.4 Å². The molecule has 0 radical (unpaired) electrons. The summed E-state index contributed by atoms with van der Waals surface area (Å²) in [5.74, 6) is -0.0376. The zero-order chi connectivity index (χ0) is 17.9. The number of rotatable bonds is 3. The Morgan fingerprint density at radius 3 is 2.46 bits per heavy atom. The van der Waals surface area contributed by atoms with Crippen molar-refractivity contribution in [2.45, 2.75) is 52.7 Å². The van der Waals surface area contributed by atoms with Gasteiger partial charge in [0.2, 0.25) is 0 Å². The van der Waals surface area contributed by atoms with Crippen molar-refractivity contribution in [3.8, 4) is 0 Å². The van der Waals surface area contributed by atoms with Crippen molar-refractivity contribution in [3.63, 3.8) is 0 Å². The van der Waals surface area contributed by atoms with Crippen LogP contribution in [0.4, 0.5) is 9.18 Å². The first-order chi connectivity index (χ1) is 11.2. The third-order valence-corrected chi connectivity index (χ3v) is 4.82. The molecule has 1 aromatic rings. The van der Waals surface area contributed by atoms with E-state index in [1.807, 2.05) is 26.8 Å². The molecule has 4 nitrogen and oxygen atoms in total. The molecule has 1 heterocycles. The predicted molar refractivity (Wildman–Crippen MR) is 93.1 cm³/mol. The molecule has 5 heteroatoms. The number of aliphatic hydroxyl groups excluding tert-OH is 1. The van der Waals surface area contributed by atoms with Gasteiger partial charge in [0.05, 0.1) is 12.1 Å². The van der Waals surface area contributed by atoms with Crippen molar-refractivity contribution in [2.75, 3.05) is 13.1 Å². The molecule has 1 aromatic carbocycles. The maximum Gasteiger partial charge on any atom is 0.317 e. The van der Waals surface area contributed by atoms with Crippen molar-refractivity contribution in [2.24, 2.45) is 11.3 Å². The first-order valence-electron chi connectivity index (χ1n) is 8.67. The fraction of sp³-hybridized carbons (Fsp3) is 0.632. The molecule has 1 aliphatic heterocycles. The Labute approximate surface area is 144 Å². The van der Waals surface area contributed by atoms with Gasteiger partial charge in [-0.1, -0.05) is 32.9 Å². The molecule has 134 valence electrons. The van der Waals surface area contributed by atoms with Gasteiger partial charge >= 0.3 is 6.03 Å². The summed E-state index contributed by atoms with van der Waals surface area (Å²) in [5.41, 5.74) is 0.538. The van der Waals surface area contributed by atoms with Gasteiger partial charge in [-0.3, -0.25) is 0 Å². The second kappa shape index (κ2) is 7.51. The van der Waals surface area contributed by atoms with Gasteiger partial charge in [-0.05, 0) is 48.8 Å². The summed E-state index contributed by atoms with van der Waals surface area (Å²) < 4.78 is 13.6. The smallest absolute Gasteiger partial charge is 0.317 e. The maximum atomic E-state index is 13.6. The maximum absolute atomic E-state index is 13.6. The van der Waals surface area contributed by atoms with E-state index in [4.69, 9.17) is 0 Å². The molecule has 1 fully saturated rings. The molecular formula is C19H29FN2O2. The molecule has 2 amide bonds. The van der Waals surface area contributed by atoms with Crippen LogP contribution in [0.1, 0.15) is 52.1 Å². The minimum atomic E-state index is -0.329. The van der Waals surface area contributed by atoms with Gasteiger partial charge in [0.25, 0.3) is 0 Å². The number of nitrogens with zero attached hydrogens (tertiary/aromatic N) is 1. The lowest BCUT2D eigenvalue weighted by Gasteiger charge is -2.37. The van der Waals surface area contributed by atoms with Gasteiger partial charge in [-0.25, -0.2) is 9.18 Å². The van der Waals surface area contributed by atoms with Crippen LogP contribution < -0.4 is 5.32 Å². The van der Waals surface area contributed by atoms with Crippen LogP contribution in [0.5, 0.6) is 0 Å². The first-order valence-corrected chi connectivity index (χ1v) is 8.67. The second-order valence-electron chi connectivity index (χ2n) is 7.87. The van der Waals surface area contributed by atoms with Crippen LogP contribution in [0.2, 0.25) is 0 Å². The Balaban J connectivity index is 2.06. The molecule has 2 atom stereocenters. The Kier molecular flexibility index (Phi) is 5.86. The topological polar surface area (TPSA) is 52.6 Å². The molecule has 2 rings (SSSR count). The van der Waals surface area contributed by atoms with Crippen LogP contribution in [0.15, 0.2) is 24.3 Å². The number of hydrogen-bond acceptors (Lipinski definition) is 2. The average Bonchev–Trinajstić information content (AvgIpc) is 2.51. The lowest BCUT2D eigenvalue weighted by atomic mass is 9.82. The number of nitrogens with one attached hydrogen (secondary N) is 1. The Hall–Kier alpha value is -1.62. The molecule has 24 heavy (non-hydrogen) atoms. The first kappa shape index (κ1) is 18.7. The Bertz CT molecular complexity index is 561. The van der Waals surface area contributed by atoms with Gasteiger partial charge in [0.1, 0.15) is 5.82 Å². The van der Waals surface area contributed by atoms with Gasteiger partial charge in [-0.2, -0.15) is 0 Å². The molecule has 0 aromatic heterocycles. The van der Waals surface area contributed by atoms with Crippen LogP contribution >= 0.6 is 0 Å². The molecule has 0 bridgehead atoms. The van der Waals surface area contributed by atoms with E-state index in [2.05, 4.69) is 5.32 Å². The zero-order valence-electron chi connectivity index (χ0n) is 15.1. The number of carbonyl (C=O) groups excluding carboxylic acids is 1. The SMILES string of the molecule is CC(O)C1CCN(C(=O)NC(c2cccc(F)c2)C(C)(C)C)CC1. The number of aliphatic hydroxyl groups is 1. The Morgan fingerprint density at radius 1 is 1.33 bits per heavy atom. The van der Waals surface area contributed by atoms with Crippen LogP contribution in [-0.4, -0.2) is 35.2 Å². The number of piperidine rings is 1. The summed E-state index contributed by atoms with van der Waals surface area (Å²) in [7, 11) is 0. The molecule has 1 saturated heterocycles. The molecule has 0 aliphatic carbocycles. The molecular weight excluding hydrogens is 307 g/mol. The quantitative estimate of drug-likeness (QED) is 0.884. The van der Waals surface area contributed by atoms with Crippen molar-refractivity contribution < 1.29 is 14.3 Å². The monoisotopic (exact) mass is 336 g/mol. The summed E-state index contributed by atoms with van der Waals surface area (Å²) >= 11 is 0. The molecule has 2 unspecified atom stereocenters. The number of urea groups is 1. The third-order valence-electron chi connectivity index (χ3n) is 4.82. The minimum Gasteiger partial charge on any atom is -0.393 e. The van der Waals surface area contributed by atoms with Crippen LogP contribution in [0.3, 0.4) is 0 Å². The number of hydrogen-bond donors (Lipinski definition) is 2. The van der Waals surface area contributed by atoms with E-state index in [-0.39, 0.29) is 35.3 Å². The van der Waals surface area contributed by atoms with E-state index < -0.39 is 0 Å². The lowest BCUT2D eigenvalue weighted by molar-refractivity contribution is 0.0782. The normalized spacial score (nSPS) is 19.0. The highest BCUT2D eigenvalue weighted by Gasteiger charge is 2.31. The predicted octanol–water partition coefficient (Wildman–Crippen LogP) is 3.72. The van der Waals surface area contributed by atoms with E-state index in [9.17, 15) is 14.3 Å². The highest BCUT2D eigenvalue weighted by atomic mass is 19.1. The molecule has 0 saturated carbocycles. The van der Waals surface area contributed by atoms with Crippen LogP contribution in [-0.2, 0) is 0 Å². The van der Waals surface area contributed by atoms with Crippen LogP contribution in [0.25, 0.3) is 0 Å². The van der Waals surface area contributed by atoms with Gasteiger partial charge in [-0.15, -0.1) is 0 Å². The number of benzene rings is 1. The van der Waals surface area contributed by atoms with E-state index in [1.54, 1.807) is 17.9 Å². The number of amides is 2. The highest BCUT2D eigenvalue weighted by Crippen LogP contribution is 2.33. The van der Waals surface area contributed by atoms with Gasteiger partial charge in [0, 0.05) is 13.1 Å². The molecule has 0 spiro atoms. The van der Waals surface area contributed by atoms with Crippen molar-refractivity contribution >= 4 is 6.03 Å². The fourth-order valence-electron chi connectivity index (χ4n) is 3.29. The van der Waals surface area contributed by atoms with Crippen molar-refractivity contribution in [1.82, 2.24) is 10.2 Å². The summed E-state index contributed by atoms with van der Waals surface area (Å²) in [4.78, 5) is 14.4. The van der Waals surface area contributed by atoms with Gasteiger partial charge < -0.3 is 15.3 Å². The summed E-state index contributed by atoms with van der Waals surface area (Å²) in [6.07, 6.45) is 1.29. The standard InChI is InChI=1S/C19H29FN2O2/c1-13(23)14-8-10-22(11-9-14)18(24)21-17(19(2,3)4)15-6-5-7-16(20)12-15/h5-7,12-14,17,23H,8-11H2,1-4H3,(H,21,24). The fourth-order valence-corrected chi connectivity index (χ4v) is 3.29. The molecule has 1 aliphatic rings. The lowest BCUT2D eigenvalue weighted by Crippen LogP contribution is -2.48. The molecule has 2 N–H and O–H groups in total. The summed E-state index contributed by atoms with van der Waals surface area (Å²) in [6, 6.07) is 6.02. The van der Waals surface area contributed by atoms with Gasteiger partial charge in [0.15, 0.2) is 0 Å². The summed E-state index contributed by atoms with van der Waals surface area (Å²) in [5, 5.41) is 12.7. The minimum absolute atomic E-state index is 0.122. The number of likely N-dealkylation sites (tertiary alicyclic amines) is 1. The van der Waals surface area contributed by atoms with E-state index in [1.165, 1.54) is 12.1 Å². The largest absolute Gasteiger partial charge is 0.393 e. The number of halogens is 1. The van der Waals surface area contributed by atoms with E-state index >= 15 is 0 Å². The zero-order valence-corrected chi connectivity index (χ0v) is 15.1. The summed E-state index contributed by atoms with van der Waals surface area (Å²) in [6.45, 7) is 9.18. The van der Waals surface area contributed by atoms with Crippen molar-refractivity contribution in [3.05, 3.63) is 35.6 Å². The third kappa shape index (κ3) is 4.69. The number of carbonyl (C=O) groups is 1. The Morgan fingerprint density at radius 2 is 1.96 bits per heavy atom. The van der Waals surface area contributed by atoms with Crippen LogP contribution in [0, 0.1) is 17.2 Å². The van der Waals surface area contributed by atoms with Crippen molar-refractivity contribution in [1.29, 1.82) is 0 Å².